The molecule has 1 N–H and O–H groups in total. The highest BCUT2D eigenvalue weighted by Gasteiger charge is 2.18. The fourth-order valence-corrected chi connectivity index (χ4v) is 2.86. The summed E-state index contributed by atoms with van der Waals surface area (Å²) in [7, 11) is 1.75. The topological polar surface area (TPSA) is 24.9 Å². The Hall–Kier alpha value is -1.71. The molecule has 3 rings (SSSR count). The van der Waals surface area contributed by atoms with Gasteiger partial charge in [0.05, 0.1) is 5.52 Å². The Morgan fingerprint density at radius 3 is 2.74 bits per heavy atom. The van der Waals surface area contributed by atoms with Crippen molar-refractivity contribution < 1.29 is 8.78 Å². The molecule has 1 heterocycles. The van der Waals surface area contributed by atoms with Gasteiger partial charge in [-0.1, -0.05) is 12.1 Å². The van der Waals surface area contributed by atoms with Gasteiger partial charge in [-0.25, -0.2) is 13.8 Å². The van der Waals surface area contributed by atoms with Crippen LogP contribution in [0.3, 0.4) is 0 Å². The van der Waals surface area contributed by atoms with Crippen LogP contribution in [0.15, 0.2) is 18.2 Å². The van der Waals surface area contributed by atoms with Gasteiger partial charge in [0.2, 0.25) is 0 Å². The van der Waals surface area contributed by atoms with Crippen LogP contribution in [0.2, 0.25) is 0 Å². The molecule has 0 amide bonds. The van der Waals surface area contributed by atoms with Gasteiger partial charge >= 0.3 is 0 Å². The number of rotatable bonds is 2. The molecule has 0 saturated carbocycles. The van der Waals surface area contributed by atoms with Crippen molar-refractivity contribution >= 4 is 16.6 Å². The molecular formula is C15H16F2N2. The maximum absolute atomic E-state index is 13.0. The van der Waals surface area contributed by atoms with Crippen molar-refractivity contribution in [2.45, 2.75) is 32.1 Å². The van der Waals surface area contributed by atoms with Crippen LogP contribution < -0.4 is 5.32 Å². The second-order valence-corrected chi connectivity index (χ2v) is 4.95. The lowest BCUT2D eigenvalue weighted by Gasteiger charge is -2.19. The SMILES string of the molecule is CNc1cc(C(F)F)nc2c3c(ccc12)CCCC3. The monoisotopic (exact) mass is 262 g/mol. The van der Waals surface area contributed by atoms with Gasteiger partial charge in [-0.3, -0.25) is 0 Å². The average molecular weight is 262 g/mol. The van der Waals surface area contributed by atoms with Gasteiger partial charge in [-0.15, -0.1) is 0 Å². The number of halogens is 2. The summed E-state index contributed by atoms with van der Waals surface area (Å²) in [5.74, 6) is 0. The summed E-state index contributed by atoms with van der Waals surface area (Å²) in [6, 6.07) is 5.55. The molecule has 0 bridgehead atoms. The zero-order valence-electron chi connectivity index (χ0n) is 10.8. The van der Waals surface area contributed by atoms with E-state index in [1.807, 2.05) is 6.07 Å². The minimum Gasteiger partial charge on any atom is -0.388 e. The summed E-state index contributed by atoms with van der Waals surface area (Å²) in [6.45, 7) is 0. The molecule has 4 heteroatoms. The molecule has 2 aromatic rings. The molecule has 0 radical (unpaired) electrons. The molecule has 19 heavy (non-hydrogen) atoms. The van der Waals surface area contributed by atoms with Crippen LogP contribution in [0, 0.1) is 0 Å². The van der Waals surface area contributed by atoms with Crippen LogP contribution in [0.25, 0.3) is 10.9 Å². The number of anilines is 1. The number of benzene rings is 1. The van der Waals surface area contributed by atoms with Crippen LogP contribution in [0.1, 0.15) is 36.1 Å². The summed E-state index contributed by atoms with van der Waals surface area (Å²) in [6.07, 6.45) is 1.72. The van der Waals surface area contributed by atoms with Crippen molar-refractivity contribution in [3.05, 3.63) is 35.0 Å². The normalized spacial score (nSPS) is 14.7. The van der Waals surface area contributed by atoms with Gasteiger partial charge in [0.25, 0.3) is 6.43 Å². The molecule has 2 nitrogen and oxygen atoms in total. The predicted octanol–water partition coefficient (Wildman–Crippen LogP) is 4.09. The number of aryl methyl sites for hydroxylation is 2. The third-order valence-corrected chi connectivity index (χ3v) is 3.82. The van der Waals surface area contributed by atoms with Crippen LogP contribution >= 0.6 is 0 Å². The number of hydrogen-bond acceptors (Lipinski definition) is 2. The first-order valence-corrected chi connectivity index (χ1v) is 6.62. The summed E-state index contributed by atoms with van der Waals surface area (Å²) >= 11 is 0. The standard InChI is InChI=1S/C15H16F2N2/c1-18-12-8-13(15(16)17)19-14-10-5-3-2-4-9(10)6-7-11(12)14/h6-8,15H,2-5H2,1H3,(H,18,19). The van der Waals surface area contributed by atoms with Crippen molar-refractivity contribution in [2.75, 3.05) is 12.4 Å². The Balaban J connectivity index is 2.31. The van der Waals surface area contributed by atoms with E-state index in [1.165, 1.54) is 18.1 Å². The van der Waals surface area contributed by atoms with Gasteiger partial charge in [0.1, 0.15) is 5.69 Å². The van der Waals surface area contributed by atoms with E-state index < -0.39 is 6.43 Å². The number of fused-ring (bicyclic) bond motifs is 3. The Labute approximate surface area is 110 Å². The lowest BCUT2D eigenvalue weighted by atomic mass is 9.89. The summed E-state index contributed by atoms with van der Waals surface area (Å²) in [5, 5.41) is 3.94. The third kappa shape index (κ3) is 2.05. The lowest BCUT2D eigenvalue weighted by molar-refractivity contribution is 0.146. The van der Waals surface area contributed by atoms with E-state index in [1.54, 1.807) is 7.05 Å². The minimum atomic E-state index is -2.53. The Bertz CT molecular complexity index is 623. The second kappa shape index (κ2) is 4.76. The number of aromatic nitrogens is 1. The molecule has 1 aliphatic carbocycles. The van der Waals surface area contributed by atoms with Crippen molar-refractivity contribution in [3.63, 3.8) is 0 Å². The lowest BCUT2D eigenvalue weighted by Crippen LogP contribution is -2.06. The highest BCUT2D eigenvalue weighted by atomic mass is 19.3. The molecule has 0 aliphatic heterocycles. The van der Waals surface area contributed by atoms with E-state index in [-0.39, 0.29) is 5.69 Å². The van der Waals surface area contributed by atoms with Crippen molar-refractivity contribution in [3.8, 4) is 0 Å². The quantitative estimate of drug-likeness (QED) is 0.881. The molecule has 0 saturated heterocycles. The zero-order chi connectivity index (χ0) is 13.4. The average Bonchev–Trinajstić information content (AvgIpc) is 2.45. The number of hydrogen-bond donors (Lipinski definition) is 1. The third-order valence-electron chi connectivity index (χ3n) is 3.82. The molecule has 0 spiro atoms. The number of alkyl halides is 2. The fraction of sp³-hybridized carbons (Fsp3) is 0.400. The first kappa shape index (κ1) is 12.3. The van der Waals surface area contributed by atoms with Crippen LogP contribution in [-0.4, -0.2) is 12.0 Å². The maximum Gasteiger partial charge on any atom is 0.280 e. The number of nitrogens with one attached hydrogen (secondary N) is 1. The maximum atomic E-state index is 13.0. The molecule has 0 atom stereocenters. The van der Waals surface area contributed by atoms with Gasteiger partial charge in [0.15, 0.2) is 0 Å². The Kier molecular flexibility index (Phi) is 3.09. The van der Waals surface area contributed by atoms with Gasteiger partial charge in [0, 0.05) is 18.1 Å². The van der Waals surface area contributed by atoms with Gasteiger partial charge in [-0.05, 0) is 42.9 Å². The van der Waals surface area contributed by atoms with Crippen LogP contribution in [0.5, 0.6) is 0 Å². The Morgan fingerprint density at radius 1 is 1.21 bits per heavy atom. The molecule has 0 unspecified atom stereocenters. The van der Waals surface area contributed by atoms with Crippen LogP contribution in [0.4, 0.5) is 14.5 Å². The number of nitrogens with zero attached hydrogens (tertiary/aromatic N) is 1. The number of pyridine rings is 1. The van der Waals surface area contributed by atoms with E-state index in [4.69, 9.17) is 0 Å². The first-order chi connectivity index (χ1) is 9.20. The second-order valence-electron chi connectivity index (χ2n) is 4.95. The molecule has 100 valence electrons. The Morgan fingerprint density at radius 2 is 2.00 bits per heavy atom. The summed E-state index contributed by atoms with van der Waals surface area (Å²) in [4.78, 5) is 4.21. The molecular weight excluding hydrogens is 246 g/mol. The fourth-order valence-electron chi connectivity index (χ4n) is 2.86. The highest BCUT2D eigenvalue weighted by molar-refractivity contribution is 5.94. The highest BCUT2D eigenvalue weighted by Crippen LogP contribution is 2.33. The van der Waals surface area contributed by atoms with Crippen molar-refractivity contribution in [1.29, 1.82) is 0 Å². The molecule has 1 aromatic carbocycles. The van der Waals surface area contributed by atoms with E-state index in [2.05, 4.69) is 16.4 Å². The van der Waals surface area contributed by atoms with E-state index in [0.717, 1.165) is 41.4 Å². The largest absolute Gasteiger partial charge is 0.388 e. The van der Waals surface area contributed by atoms with Crippen molar-refractivity contribution in [2.24, 2.45) is 0 Å². The smallest absolute Gasteiger partial charge is 0.280 e. The molecule has 0 fully saturated rings. The predicted molar refractivity (Wildman–Crippen MR) is 72.9 cm³/mol. The van der Waals surface area contributed by atoms with Gasteiger partial charge in [-0.2, -0.15) is 0 Å². The zero-order valence-corrected chi connectivity index (χ0v) is 10.8. The summed E-state index contributed by atoms with van der Waals surface area (Å²) in [5.41, 5.74) is 3.76. The van der Waals surface area contributed by atoms with Crippen LogP contribution in [-0.2, 0) is 12.8 Å². The summed E-state index contributed by atoms with van der Waals surface area (Å²) < 4.78 is 25.9. The van der Waals surface area contributed by atoms with E-state index in [9.17, 15) is 8.78 Å². The van der Waals surface area contributed by atoms with E-state index in [0.29, 0.717) is 0 Å². The minimum absolute atomic E-state index is 0.143. The molecule has 1 aromatic heterocycles. The molecule has 1 aliphatic rings. The van der Waals surface area contributed by atoms with Crippen molar-refractivity contribution in [1.82, 2.24) is 4.98 Å². The first-order valence-electron chi connectivity index (χ1n) is 6.62. The van der Waals surface area contributed by atoms with E-state index >= 15 is 0 Å². The van der Waals surface area contributed by atoms with Gasteiger partial charge < -0.3 is 5.32 Å².